The molecule has 0 aliphatic carbocycles. The van der Waals surface area contributed by atoms with E-state index in [4.69, 9.17) is 5.73 Å². The van der Waals surface area contributed by atoms with Crippen LogP contribution in [0.5, 0.6) is 0 Å². The summed E-state index contributed by atoms with van der Waals surface area (Å²) >= 11 is 0. The number of carbonyl (C=O) groups excluding carboxylic acids is 1. The highest BCUT2D eigenvalue weighted by molar-refractivity contribution is 5.80. The van der Waals surface area contributed by atoms with Crippen LogP contribution in [-0.4, -0.2) is 42.2 Å². The van der Waals surface area contributed by atoms with Crippen molar-refractivity contribution >= 4 is 11.9 Å². The monoisotopic (exact) mass is 259 g/mol. The van der Waals surface area contributed by atoms with Gasteiger partial charge >= 0.3 is 5.97 Å². The number of likely N-dealkylation sites (N-methyl/N-ethyl adjacent to an activating group) is 1. The van der Waals surface area contributed by atoms with E-state index in [1.165, 1.54) is 0 Å². The average molecular weight is 259 g/mol. The second-order valence-corrected chi connectivity index (χ2v) is 4.70. The van der Waals surface area contributed by atoms with Crippen molar-refractivity contribution in [1.29, 1.82) is 0 Å². The van der Waals surface area contributed by atoms with Gasteiger partial charge in [0.25, 0.3) is 0 Å². The SMILES string of the molecule is CCCNC(C)(CCCC(NC)C(N)=O)C(=O)O. The smallest absolute Gasteiger partial charge is 0.323 e. The van der Waals surface area contributed by atoms with Crippen LogP contribution in [0, 0.1) is 0 Å². The zero-order valence-electron chi connectivity index (χ0n) is 11.5. The van der Waals surface area contributed by atoms with Gasteiger partial charge in [0.15, 0.2) is 0 Å². The Balaban J connectivity index is 4.27. The maximum atomic E-state index is 11.2. The van der Waals surface area contributed by atoms with Gasteiger partial charge in [0.05, 0.1) is 6.04 Å². The Morgan fingerprint density at radius 3 is 2.44 bits per heavy atom. The van der Waals surface area contributed by atoms with Crippen LogP contribution in [0.1, 0.15) is 39.5 Å². The highest BCUT2D eigenvalue weighted by atomic mass is 16.4. The molecule has 6 heteroatoms. The topological polar surface area (TPSA) is 104 Å². The number of carbonyl (C=O) groups is 2. The highest BCUT2D eigenvalue weighted by Crippen LogP contribution is 2.15. The van der Waals surface area contributed by atoms with E-state index in [2.05, 4.69) is 10.6 Å². The Morgan fingerprint density at radius 1 is 1.44 bits per heavy atom. The normalized spacial score (nSPS) is 15.9. The number of primary amides is 1. The number of nitrogens with two attached hydrogens (primary N) is 1. The molecule has 2 unspecified atom stereocenters. The summed E-state index contributed by atoms with van der Waals surface area (Å²) in [6.07, 6.45) is 2.51. The van der Waals surface area contributed by atoms with E-state index >= 15 is 0 Å². The van der Waals surface area contributed by atoms with Crippen molar-refractivity contribution in [3.63, 3.8) is 0 Å². The molecule has 1 amide bonds. The molecule has 0 aliphatic heterocycles. The maximum Gasteiger partial charge on any atom is 0.323 e. The molecule has 106 valence electrons. The van der Waals surface area contributed by atoms with E-state index in [0.717, 1.165) is 6.42 Å². The number of aliphatic carboxylic acids is 1. The number of rotatable bonds is 10. The summed E-state index contributed by atoms with van der Waals surface area (Å²) in [6.45, 7) is 4.32. The minimum absolute atomic E-state index is 0.394. The van der Waals surface area contributed by atoms with Gasteiger partial charge in [-0.15, -0.1) is 0 Å². The largest absolute Gasteiger partial charge is 0.480 e. The minimum atomic E-state index is -0.939. The number of hydrogen-bond donors (Lipinski definition) is 4. The predicted octanol–water partition coefficient (Wildman–Crippen LogP) is 0.0729. The average Bonchev–Trinajstić information content (AvgIpc) is 2.31. The Morgan fingerprint density at radius 2 is 2.06 bits per heavy atom. The van der Waals surface area contributed by atoms with E-state index in [-0.39, 0.29) is 0 Å². The summed E-state index contributed by atoms with van der Waals surface area (Å²) in [6, 6.07) is -0.394. The van der Waals surface area contributed by atoms with Gasteiger partial charge in [-0.05, 0) is 46.2 Å². The number of carboxylic acid groups (broad SMARTS) is 1. The summed E-state index contributed by atoms with van der Waals surface area (Å²) in [5.74, 6) is -1.27. The van der Waals surface area contributed by atoms with Crippen LogP contribution >= 0.6 is 0 Å². The number of amides is 1. The molecule has 0 saturated carbocycles. The summed E-state index contributed by atoms with van der Waals surface area (Å²) < 4.78 is 0. The van der Waals surface area contributed by atoms with Crippen molar-refractivity contribution in [1.82, 2.24) is 10.6 Å². The van der Waals surface area contributed by atoms with Gasteiger partial charge in [-0.2, -0.15) is 0 Å². The molecule has 2 atom stereocenters. The number of carboxylic acids is 1. The fourth-order valence-electron chi connectivity index (χ4n) is 1.76. The van der Waals surface area contributed by atoms with E-state index in [0.29, 0.717) is 25.8 Å². The molecule has 0 bridgehead atoms. The lowest BCUT2D eigenvalue weighted by Crippen LogP contribution is -2.50. The summed E-state index contributed by atoms with van der Waals surface area (Å²) in [4.78, 5) is 22.3. The molecule has 0 fully saturated rings. The molecule has 5 N–H and O–H groups in total. The molecule has 0 spiro atoms. The van der Waals surface area contributed by atoms with Crippen LogP contribution in [-0.2, 0) is 9.59 Å². The first-order chi connectivity index (χ1) is 8.37. The van der Waals surface area contributed by atoms with E-state index in [9.17, 15) is 14.7 Å². The molecule has 0 aromatic rings. The van der Waals surface area contributed by atoms with Crippen molar-refractivity contribution in [3.05, 3.63) is 0 Å². The van der Waals surface area contributed by atoms with Crippen molar-refractivity contribution < 1.29 is 14.7 Å². The number of nitrogens with one attached hydrogen (secondary N) is 2. The Hall–Kier alpha value is -1.14. The first-order valence-electron chi connectivity index (χ1n) is 6.32. The van der Waals surface area contributed by atoms with Crippen molar-refractivity contribution in [2.45, 2.75) is 51.1 Å². The van der Waals surface area contributed by atoms with Gasteiger partial charge in [0, 0.05) is 0 Å². The molecule has 0 aromatic carbocycles. The zero-order chi connectivity index (χ0) is 14.2. The quantitative estimate of drug-likeness (QED) is 0.444. The highest BCUT2D eigenvalue weighted by Gasteiger charge is 2.31. The van der Waals surface area contributed by atoms with E-state index in [1.54, 1.807) is 14.0 Å². The van der Waals surface area contributed by atoms with Crippen LogP contribution in [0.4, 0.5) is 0 Å². The summed E-state index contributed by atoms with van der Waals surface area (Å²) in [5, 5.41) is 15.1. The Labute approximate surface area is 108 Å². The third-order valence-electron chi connectivity index (χ3n) is 3.10. The van der Waals surface area contributed by atoms with Gasteiger partial charge in [-0.1, -0.05) is 6.92 Å². The van der Waals surface area contributed by atoms with Crippen LogP contribution < -0.4 is 16.4 Å². The molecule has 0 rings (SSSR count). The standard InChI is InChI=1S/C12H25N3O3/c1-4-8-15-12(2,11(17)18)7-5-6-9(14-3)10(13)16/h9,14-15H,4-8H2,1-3H3,(H2,13,16)(H,17,18). The molecule has 0 saturated heterocycles. The maximum absolute atomic E-state index is 11.2. The van der Waals surface area contributed by atoms with Gasteiger partial charge < -0.3 is 21.5 Å². The van der Waals surface area contributed by atoms with Gasteiger partial charge in [0.2, 0.25) is 5.91 Å². The minimum Gasteiger partial charge on any atom is -0.480 e. The first-order valence-corrected chi connectivity index (χ1v) is 6.32. The molecule has 0 heterocycles. The Bertz CT molecular complexity index is 284. The van der Waals surface area contributed by atoms with Gasteiger partial charge in [0.1, 0.15) is 5.54 Å². The fraction of sp³-hybridized carbons (Fsp3) is 0.833. The third-order valence-corrected chi connectivity index (χ3v) is 3.10. The molecular weight excluding hydrogens is 234 g/mol. The second-order valence-electron chi connectivity index (χ2n) is 4.70. The van der Waals surface area contributed by atoms with Crippen LogP contribution in [0.3, 0.4) is 0 Å². The summed E-state index contributed by atoms with van der Waals surface area (Å²) in [5.41, 5.74) is 4.27. The Kier molecular flexibility index (Phi) is 7.54. The molecule has 0 aliphatic rings. The lowest BCUT2D eigenvalue weighted by molar-refractivity contribution is -0.144. The van der Waals surface area contributed by atoms with Crippen molar-refractivity contribution in [2.75, 3.05) is 13.6 Å². The van der Waals surface area contributed by atoms with Gasteiger partial charge in [-0.3, -0.25) is 9.59 Å². The first kappa shape index (κ1) is 16.9. The molecule has 0 radical (unpaired) electrons. The molecule has 6 nitrogen and oxygen atoms in total. The van der Waals surface area contributed by atoms with Crippen molar-refractivity contribution in [2.24, 2.45) is 5.73 Å². The zero-order valence-corrected chi connectivity index (χ0v) is 11.5. The van der Waals surface area contributed by atoms with Gasteiger partial charge in [-0.25, -0.2) is 0 Å². The second kappa shape index (κ2) is 8.05. The lowest BCUT2D eigenvalue weighted by Gasteiger charge is -2.26. The molecular formula is C12H25N3O3. The predicted molar refractivity (Wildman–Crippen MR) is 70.2 cm³/mol. The third kappa shape index (κ3) is 5.46. The van der Waals surface area contributed by atoms with Crippen molar-refractivity contribution in [3.8, 4) is 0 Å². The number of hydrogen-bond acceptors (Lipinski definition) is 4. The van der Waals surface area contributed by atoms with Crippen LogP contribution in [0.15, 0.2) is 0 Å². The van der Waals surface area contributed by atoms with Crippen LogP contribution in [0.2, 0.25) is 0 Å². The molecule has 0 aromatic heterocycles. The van der Waals surface area contributed by atoms with E-state index in [1.807, 2.05) is 6.92 Å². The lowest BCUT2D eigenvalue weighted by atomic mass is 9.93. The fourth-order valence-corrected chi connectivity index (χ4v) is 1.76. The molecule has 18 heavy (non-hydrogen) atoms. The van der Waals surface area contributed by atoms with E-state index < -0.39 is 23.5 Å². The summed E-state index contributed by atoms with van der Waals surface area (Å²) in [7, 11) is 1.67. The van der Waals surface area contributed by atoms with Crippen LogP contribution in [0.25, 0.3) is 0 Å².